The summed E-state index contributed by atoms with van der Waals surface area (Å²) in [6.45, 7) is 0. The molecule has 1 aliphatic carbocycles. The van der Waals surface area contributed by atoms with Crippen LogP contribution in [-0.2, 0) is 0 Å². The second kappa shape index (κ2) is 4.81. The van der Waals surface area contributed by atoms with Crippen LogP contribution in [-0.4, -0.2) is 0 Å². The summed E-state index contributed by atoms with van der Waals surface area (Å²) in [4.78, 5) is 0. The minimum Gasteiger partial charge on any atom is -0.0616 e. The van der Waals surface area contributed by atoms with E-state index in [4.69, 9.17) is 0 Å². The summed E-state index contributed by atoms with van der Waals surface area (Å²) in [5.74, 6) is 0.779. The molecular weight excluding hydrogens is 272 g/mol. The molecule has 0 saturated heterocycles. The summed E-state index contributed by atoms with van der Waals surface area (Å²) < 4.78 is 1.22. The van der Waals surface area contributed by atoms with Gasteiger partial charge in [0.25, 0.3) is 0 Å². The number of hydrogen-bond acceptors (Lipinski definition) is 0. The monoisotopic (exact) mass is 288 g/mol. The van der Waals surface area contributed by atoms with Gasteiger partial charge >= 0.3 is 0 Å². The minimum atomic E-state index is 0.779. The first kappa shape index (κ1) is 11.3. The number of fused-ring (bicyclic) bond motifs is 1. The second-order valence-electron chi connectivity index (χ2n) is 5.02. The van der Waals surface area contributed by atoms with Gasteiger partial charge in [0.2, 0.25) is 0 Å². The SMILES string of the molecule is Brc1ccc(C2CCCCC2)c2ccccc12. The van der Waals surface area contributed by atoms with Gasteiger partial charge in [0, 0.05) is 4.47 Å². The van der Waals surface area contributed by atoms with E-state index in [9.17, 15) is 0 Å². The van der Waals surface area contributed by atoms with Gasteiger partial charge in [-0.3, -0.25) is 0 Å². The lowest BCUT2D eigenvalue weighted by Gasteiger charge is -2.23. The first-order chi connectivity index (χ1) is 8.36. The molecule has 1 fully saturated rings. The van der Waals surface area contributed by atoms with Gasteiger partial charge in [-0.25, -0.2) is 0 Å². The average Bonchev–Trinajstić information content (AvgIpc) is 2.41. The summed E-state index contributed by atoms with van der Waals surface area (Å²) in [5, 5.41) is 2.80. The molecule has 0 unspecified atom stereocenters. The standard InChI is InChI=1S/C16H17Br/c17-16-11-10-13(12-6-2-1-3-7-12)14-8-4-5-9-15(14)16/h4-5,8-12H,1-3,6-7H2. The first-order valence-electron chi connectivity index (χ1n) is 6.53. The molecule has 88 valence electrons. The van der Waals surface area contributed by atoms with Crippen LogP contribution in [0.5, 0.6) is 0 Å². The van der Waals surface area contributed by atoms with E-state index in [2.05, 4.69) is 52.3 Å². The van der Waals surface area contributed by atoms with Gasteiger partial charge in [0.1, 0.15) is 0 Å². The van der Waals surface area contributed by atoms with Crippen LogP contribution in [0.15, 0.2) is 40.9 Å². The molecule has 0 N–H and O–H groups in total. The van der Waals surface area contributed by atoms with Crippen molar-refractivity contribution >= 4 is 26.7 Å². The molecule has 3 rings (SSSR count). The number of benzene rings is 2. The number of hydrogen-bond donors (Lipinski definition) is 0. The first-order valence-corrected chi connectivity index (χ1v) is 7.33. The van der Waals surface area contributed by atoms with Crippen molar-refractivity contribution in [1.29, 1.82) is 0 Å². The molecule has 0 nitrogen and oxygen atoms in total. The van der Waals surface area contributed by atoms with E-state index in [1.165, 1.54) is 47.3 Å². The fraction of sp³-hybridized carbons (Fsp3) is 0.375. The Balaban J connectivity index is 2.12. The average molecular weight is 289 g/mol. The predicted molar refractivity (Wildman–Crippen MR) is 77.5 cm³/mol. The van der Waals surface area contributed by atoms with Gasteiger partial charge in [-0.1, -0.05) is 65.5 Å². The highest BCUT2D eigenvalue weighted by Gasteiger charge is 2.17. The largest absolute Gasteiger partial charge is 0.0616 e. The van der Waals surface area contributed by atoms with Gasteiger partial charge in [0.15, 0.2) is 0 Å². The van der Waals surface area contributed by atoms with E-state index in [0.717, 1.165) is 5.92 Å². The summed E-state index contributed by atoms with van der Waals surface area (Å²) in [7, 11) is 0. The van der Waals surface area contributed by atoms with Crippen LogP contribution in [0, 0.1) is 0 Å². The summed E-state index contributed by atoms with van der Waals surface area (Å²) in [6.07, 6.45) is 6.95. The molecule has 2 aromatic carbocycles. The van der Waals surface area contributed by atoms with Crippen molar-refractivity contribution in [3.63, 3.8) is 0 Å². The van der Waals surface area contributed by atoms with Gasteiger partial charge < -0.3 is 0 Å². The van der Waals surface area contributed by atoms with Crippen LogP contribution in [0.1, 0.15) is 43.6 Å². The Morgan fingerprint density at radius 3 is 2.29 bits per heavy atom. The predicted octanol–water partition coefficient (Wildman–Crippen LogP) is 5.65. The molecule has 1 saturated carbocycles. The Bertz CT molecular complexity index is 524. The molecule has 0 aliphatic heterocycles. The lowest BCUT2D eigenvalue weighted by Crippen LogP contribution is -2.05. The summed E-state index contributed by atoms with van der Waals surface area (Å²) in [5.41, 5.74) is 1.56. The molecule has 2 aromatic rings. The molecular formula is C16H17Br. The second-order valence-corrected chi connectivity index (χ2v) is 5.87. The van der Waals surface area contributed by atoms with Crippen molar-refractivity contribution in [1.82, 2.24) is 0 Å². The summed E-state index contributed by atoms with van der Waals surface area (Å²) in [6, 6.07) is 13.3. The fourth-order valence-corrected chi connectivity index (χ4v) is 3.53. The molecule has 0 aromatic heterocycles. The van der Waals surface area contributed by atoms with Gasteiger partial charge in [-0.2, -0.15) is 0 Å². The zero-order chi connectivity index (χ0) is 11.7. The van der Waals surface area contributed by atoms with Crippen molar-refractivity contribution in [3.05, 3.63) is 46.4 Å². The molecule has 17 heavy (non-hydrogen) atoms. The maximum Gasteiger partial charge on any atom is 0.0253 e. The Morgan fingerprint density at radius 2 is 1.53 bits per heavy atom. The third-order valence-corrected chi connectivity index (χ3v) is 4.64. The zero-order valence-corrected chi connectivity index (χ0v) is 11.5. The van der Waals surface area contributed by atoms with Crippen LogP contribution in [0.4, 0.5) is 0 Å². The van der Waals surface area contributed by atoms with Crippen LogP contribution in [0.2, 0.25) is 0 Å². The fourth-order valence-electron chi connectivity index (χ4n) is 3.06. The van der Waals surface area contributed by atoms with Crippen molar-refractivity contribution in [2.75, 3.05) is 0 Å². The van der Waals surface area contributed by atoms with E-state index in [-0.39, 0.29) is 0 Å². The van der Waals surface area contributed by atoms with Crippen molar-refractivity contribution in [2.45, 2.75) is 38.0 Å². The van der Waals surface area contributed by atoms with Crippen molar-refractivity contribution in [2.24, 2.45) is 0 Å². The van der Waals surface area contributed by atoms with Crippen molar-refractivity contribution in [3.8, 4) is 0 Å². The maximum atomic E-state index is 3.66. The molecule has 0 bridgehead atoms. The third-order valence-electron chi connectivity index (χ3n) is 3.95. The molecule has 0 heterocycles. The Kier molecular flexibility index (Phi) is 3.19. The maximum absolute atomic E-state index is 3.66. The van der Waals surface area contributed by atoms with Gasteiger partial charge in [-0.15, -0.1) is 0 Å². The molecule has 0 radical (unpaired) electrons. The van der Waals surface area contributed by atoms with Crippen LogP contribution < -0.4 is 0 Å². The smallest absolute Gasteiger partial charge is 0.0253 e. The lowest BCUT2D eigenvalue weighted by molar-refractivity contribution is 0.445. The van der Waals surface area contributed by atoms with Crippen LogP contribution in [0.3, 0.4) is 0 Å². The topological polar surface area (TPSA) is 0 Å². The van der Waals surface area contributed by atoms with Gasteiger partial charge in [0.05, 0.1) is 0 Å². The molecule has 1 heteroatoms. The molecule has 0 amide bonds. The van der Waals surface area contributed by atoms with E-state index in [0.29, 0.717) is 0 Å². The van der Waals surface area contributed by atoms with E-state index < -0.39 is 0 Å². The Morgan fingerprint density at radius 1 is 0.824 bits per heavy atom. The van der Waals surface area contributed by atoms with Crippen molar-refractivity contribution < 1.29 is 0 Å². The number of halogens is 1. The minimum absolute atomic E-state index is 0.779. The molecule has 0 spiro atoms. The highest BCUT2D eigenvalue weighted by molar-refractivity contribution is 9.10. The lowest BCUT2D eigenvalue weighted by atomic mass is 9.82. The zero-order valence-electron chi connectivity index (χ0n) is 9.95. The van der Waals surface area contributed by atoms with E-state index in [1.54, 1.807) is 5.56 Å². The summed E-state index contributed by atoms with van der Waals surface area (Å²) >= 11 is 3.66. The number of rotatable bonds is 1. The highest BCUT2D eigenvalue weighted by Crippen LogP contribution is 2.38. The Hall–Kier alpha value is -0.820. The quantitative estimate of drug-likeness (QED) is 0.636. The third kappa shape index (κ3) is 2.13. The van der Waals surface area contributed by atoms with Crippen LogP contribution in [0.25, 0.3) is 10.8 Å². The highest BCUT2D eigenvalue weighted by atomic mass is 79.9. The molecule has 1 aliphatic rings. The van der Waals surface area contributed by atoms with E-state index in [1.807, 2.05) is 0 Å². The van der Waals surface area contributed by atoms with Gasteiger partial charge in [-0.05, 0) is 41.2 Å². The Labute approximate surface area is 111 Å². The molecule has 0 atom stereocenters. The van der Waals surface area contributed by atoms with Crippen LogP contribution >= 0.6 is 15.9 Å². The normalized spacial score (nSPS) is 17.5. The van der Waals surface area contributed by atoms with E-state index >= 15 is 0 Å².